The van der Waals surface area contributed by atoms with Crippen LogP contribution in [0.1, 0.15) is 23.1 Å². The standard InChI is InChI=1S/C18H18N4O/c1-12-21-17-15(7-4-9-19-17)18(22-12)20-11-16-14-6-3-2-5-13(14)8-10-23-16/h2-7,9,16H,8,10-11H2,1H3,(H,19,20,21,22). The van der Waals surface area contributed by atoms with Crippen LogP contribution in [0, 0.1) is 6.92 Å². The van der Waals surface area contributed by atoms with Crippen molar-refractivity contribution >= 4 is 16.9 Å². The normalized spacial score (nSPS) is 17.0. The average Bonchev–Trinajstić information content (AvgIpc) is 2.59. The molecule has 3 aromatic rings. The molecule has 0 radical (unpaired) electrons. The van der Waals surface area contributed by atoms with Gasteiger partial charge in [0.25, 0.3) is 0 Å². The Morgan fingerprint density at radius 2 is 2.09 bits per heavy atom. The second-order valence-corrected chi connectivity index (χ2v) is 5.68. The van der Waals surface area contributed by atoms with Crippen LogP contribution in [0.4, 0.5) is 5.82 Å². The number of anilines is 1. The van der Waals surface area contributed by atoms with Gasteiger partial charge in [-0.05, 0) is 36.6 Å². The summed E-state index contributed by atoms with van der Waals surface area (Å²) in [5.74, 6) is 1.52. The van der Waals surface area contributed by atoms with Crippen LogP contribution < -0.4 is 5.32 Å². The van der Waals surface area contributed by atoms with E-state index in [1.165, 1.54) is 11.1 Å². The topological polar surface area (TPSA) is 59.9 Å². The number of hydrogen-bond donors (Lipinski definition) is 1. The molecular formula is C18H18N4O. The summed E-state index contributed by atoms with van der Waals surface area (Å²) in [6.45, 7) is 3.32. The number of pyridine rings is 1. The first kappa shape index (κ1) is 14.1. The molecule has 1 N–H and O–H groups in total. The molecule has 5 heteroatoms. The molecule has 1 unspecified atom stereocenters. The second-order valence-electron chi connectivity index (χ2n) is 5.68. The monoisotopic (exact) mass is 306 g/mol. The third-order valence-corrected chi connectivity index (χ3v) is 4.13. The molecule has 5 nitrogen and oxygen atoms in total. The van der Waals surface area contributed by atoms with Crippen molar-refractivity contribution in [3.8, 4) is 0 Å². The van der Waals surface area contributed by atoms with Gasteiger partial charge < -0.3 is 10.1 Å². The molecule has 0 amide bonds. The van der Waals surface area contributed by atoms with Crippen LogP contribution in [0.2, 0.25) is 0 Å². The average molecular weight is 306 g/mol. The highest BCUT2D eigenvalue weighted by molar-refractivity contribution is 5.86. The van der Waals surface area contributed by atoms with Gasteiger partial charge in [0, 0.05) is 12.7 Å². The van der Waals surface area contributed by atoms with E-state index in [0.717, 1.165) is 24.2 Å². The lowest BCUT2D eigenvalue weighted by molar-refractivity contribution is 0.0513. The predicted octanol–water partition coefficient (Wildman–Crippen LogP) is 3.06. The lowest BCUT2D eigenvalue weighted by atomic mass is 9.97. The first-order valence-corrected chi connectivity index (χ1v) is 7.84. The van der Waals surface area contributed by atoms with Gasteiger partial charge in [-0.3, -0.25) is 0 Å². The summed E-state index contributed by atoms with van der Waals surface area (Å²) in [6.07, 6.45) is 2.77. The molecule has 0 bridgehead atoms. The van der Waals surface area contributed by atoms with Crippen molar-refractivity contribution in [2.45, 2.75) is 19.4 Å². The zero-order valence-corrected chi connectivity index (χ0v) is 13.0. The van der Waals surface area contributed by atoms with Crippen molar-refractivity contribution in [3.05, 3.63) is 59.5 Å². The number of aryl methyl sites for hydroxylation is 1. The molecule has 3 heterocycles. The van der Waals surface area contributed by atoms with E-state index in [2.05, 4.69) is 44.5 Å². The van der Waals surface area contributed by atoms with E-state index in [0.29, 0.717) is 18.0 Å². The van der Waals surface area contributed by atoms with Crippen molar-refractivity contribution in [1.29, 1.82) is 0 Å². The third-order valence-electron chi connectivity index (χ3n) is 4.13. The van der Waals surface area contributed by atoms with Gasteiger partial charge in [0.05, 0.1) is 18.1 Å². The molecule has 1 aliphatic heterocycles. The van der Waals surface area contributed by atoms with Crippen LogP contribution >= 0.6 is 0 Å². The lowest BCUT2D eigenvalue weighted by Gasteiger charge is -2.26. The van der Waals surface area contributed by atoms with Gasteiger partial charge in [-0.2, -0.15) is 0 Å². The molecule has 1 atom stereocenters. The predicted molar refractivity (Wildman–Crippen MR) is 89.4 cm³/mol. The Hall–Kier alpha value is -2.53. The minimum Gasteiger partial charge on any atom is -0.371 e. The van der Waals surface area contributed by atoms with Gasteiger partial charge in [-0.1, -0.05) is 24.3 Å². The minimum atomic E-state index is 0.0435. The molecule has 0 fully saturated rings. The van der Waals surface area contributed by atoms with Gasteiger partial charge in [0.1, 0.15) is 11.6 Å². The van der Waals surface area contributed by atoms with Gasteiger partial charge in [-0.15, -0.1) is 0 Å². The maximum Gasteiger partial charge on any atom is 0.164 e. The second kappa shape index (κ2) is 5.93. The molecule has 0 spiro atoms. The SMILES string of the molecule is Cc1nc(NCC2OCCc3ccccc32)c2cccnc2n1. The number of rotatable bonds is 3. The highest BCUT2D eigenvalue weighted by Gasteiger charge is 2.20. The first-order valence-electron chi connectivity index (χ1n) is 7.84. The van der Waals surface area contributed by atoms with Crippen molar-refractivity contribution in [2.24, 2.45) is 0 Å². The van der Waals surface area contributed by atoms with E-state index in [9.17, 15) is 0 Å². The lowest BCUT2D eigenvalue weighted by Crippen LogP contribution is -2.23. The molecule has 23 heavy (non-hydrogen) atoms. The van der Waals surface area contributed by atoms with Crippen LogP contribution in [-0.2, 0) is 11.2 Å². The summed E-state index contributed by atoms with van der Waals surface area (Å²) >= 11 is 0. The van der Waals surface area contributed by atoms with Gasteiger partial charge in [0.2, 0.25) is 0 Å². The van der Waals surface area contributed by atoms with E-state index in [-0.39, 0.29) is 6.10 Å². The smallest absolute Gasteiger partial charge is 0.164 e. The van der Waals surface area contributed by atoms with Crippen molar-refractivity contribution in [1.82, 2.24) is 15.0 Å². The fraction of sp³-hybridized carbons (Fsp3) is 0.278. The Morgan fingerprint density at radius 3 is 3.04 bits per heavy atom. The van der Waals surface area contributed by atoms with Crippen LogP contribution in [0.3, 0.4) is 0 Å². The van der Waals surface area contributed by atoms with Crippen LogP contribution in [0.5, 0.6) is 0 Å². The van der Waals surface area contributed by atoms with Crippen LogP contribution in [0.15, 0.2) is 42.6 Å². The Labute approximate surface area is 134 Å². The Morgan fingerprint density at radius 1 is 1.17 bits per heavy atom. The highest BCUT2D eigenvalue weighted by atomic mass is 16.5. The summed E-state index contributed by atoms with van der Waals surface area (Å²) in [5, 5.41) is 4.36. The van der Waals surface area contributed by atoms with E-state index in [4.69, 9.17) is 4.74 Å². The summed E-state index contributed by atoms with van der Waals surface area (Å²) in [4.78, 5) is 13.2. The van der Waals surface area contributed by atoms with Crippen molar-refractivity contribution in [2.75, 3.05) is 18.5 Å². The Kier molecular flexibility index (Phi) is 3.63. The first-order chi connectivity index (χ1) is 11.3. The maximum atomic E-state index is 5.95. The van der Waals surface area contributed by atoms with Gasteiger partial charge >= 0.3 is 0 Å². The molecule has 0 saturated heterocycles. The molecule has 2 aromatic heterocycles. The zero-order chi connectivity index (χ0) is 15.6. The summed E-state index contributed by atoms with van der Waals surface area (Å²) in [6, 6.07) is 12.4. The molecular weight excluding hydrogens is 288 g/mol. The number of aromatic nitrogens is 3. The molecule has 0 aliphatic carbocycles. The molecule has 1 aromatic carbocycles. The maximum absolute atomic E-state index is 5.95. The van der Waals surface area contributed by atoms with E-state index < -0.39 is 0 Å². The van der Waals surface area contributed by atoms with E-state index >= 15 is 0 Å². The molecule has 0 saturated carbocycles. The number of fused-ring (bicyclic) bond motifs is 2. The summed E-state index contributed by atoms with van der Waals surface area (Å²) in [5.41, 5.74) is 3.35. The quantitative estimate of drug-likeness (QED) is 0.806. The molecule has 1 aliphatic rings. The highest BCUT2D eigenvalue weighted by Crippen LogP contribution is 2.27. The van der Waals surface area contributed by atoms with Gasteiger partial charge in [0.15, 0.2) is 5.65 Å². The number of ether oxygens (including phenoxy) is 1. The fourth-order valence-corrected chi connectivity index (χ4v) is 3.04. The van der Waals surface area contributed by atoms with E-state index in [1.807, 2.05) is 19.1 Å². The zero-order valence-electron chi connectivity index (χ0n) is 13.0. The van der Waals surface area contributed by atoms with Crippen LogP contribution in [0.25, 0.3) is 11.0 Å². The summed E-state index contributed by atoms with van der Waals surface area (Å²) in [7, 11) is 0. The summed E-state index contributed by atoms with van der Waals surface area (Å²) < 4.78 is 5.95. The fourth-order valence-electron chi connectivity index (χ4n) is 3.04. The Bertz CT molecular complexity index is 849. The molecule has 116 valence electrons. The minimum absolute atomic E-state index is 0.0435. The van der Waals surface area contributed by atoms with Crippen LogP contribution in [-0.4, -0.2) is 28.1 Å². The largest absolute Gasteiger partial charge is 0.371 e. The van der Waals surface area contributed by atoms with Crippen molar-refractivity contribution < 1.29 is 4.74 Å². The number of benzene rings is 1. The van der Waals surface area contributed by atoms with Crippen molar-refractivity contribution in [3.63, 3.8) is 0 Å². The van der Waals surface area contributed by atoms with E-state index in [1.54, 1.807) is 6.20 Å². The number of nitrogens with one attached hydrogen (secondary N) is 1. The van der Waals surface area contributed by atoms with Gasteiger partial charge in [-0.25, -0.2) is 15.0 Å². The Balaban J connectivity index is 1.61. The number of nitrogens with zero attached hydrogens (tertiary/aromatic N) is 3. The number of hydrogen-bond acceptors (Lipinski definition) is 5. The third kappa shape index (κ3) is 2.75. The molecule has 4 rings (SSSR count).